The number of unbranched alkanes of at least 4 members (excludes halogenated alkanes) is 2. The molecule has 0 fully saturated rings. The summed E-state index contributed by atoms with van der Waals surface area (Å²) in [5, 5.41) is 0.132. The van der Waals surface area contributed by atoms with Crippen LogP contribution in [0.5, 0.6) is 0 Å². The van der Waals surface area contributed by atoms with E-state index in [0.29, 0.717) is 5.56 Å². The maximum atomic E-state index is 13.5. The van der Waals surface area contributed by atoms with Crippen molar-refractivity contribution in [2.24, 2.45) is 5.92 Å². The maximum absolute atomic E-state index is 13.5. The van der Waals surface area contributed by atoms with Crippen molar-refractivity contribution >= 4 is 11.6 Å². The number of hydrogen-bond acceptors (Lipinski definition) is 0. The van der Waals surface area contributed by atoms with Gasteiger partial charge in [-0.3, -0.25) is 0 Å². The molecule has 25 heavy (non-hydrogen) atoms. The van der Waals surface area contributed by atoms with Gasteiger partial charge in [0.05, 0.1) is 5.02 Å². The summed E-state index contributed by atoms with van der Waals surface area (Å²) in [6, 6.07) is 11.2. The van der Waals surface area contributed by atoms with Gasteiger partial charge in [-0.2, -0.15) is 0 Å². The number of fused-ring (bicyclic) bond motifs is 1. The van der Waals surface area contributed by atoms with Crippen LogP contribution in [0, 0.1) is 23.6 Å². The van der Waals surface area contributed by atoms with Gasteiger partial charge in [-0.05, 0) is 66.6 Å². The molecule has 0 amide bonds. The Kier molecular flexibility index (Phi) is 6.16. The van der Waals surface area contributed by atoms with Crippen LogP contribution < -0.4 is 0 Å². The van der Waals surface area contributed by atoms with Crippen molar-refractivity contribution in [2.75, 3.05) is 0 Å². The average Bonchev–Trinajstić information content (AvgIpc) is 2.63. The first-order chi connectivity index (χ1) is 12.2. The highest BCUT2D eigenvalue weighted by molar-refractivity contribution is 6.30. The Balaban J connectivity index is 1.68. The van der Waals surface area contributed by atoms with Gasteiger partial charge < -0.3 is 0 Å². The van der Waals surface area contributed by atoms with Gasteiger partial charge in [0.25, 0.3) is 0 Å². The monoisotopic (exact) mass is 354 g/mol. The normalized spacial score (nSPS) is 16.0. The van der Waals surface area contributed by atoms with Crippen LogP contribution in [0.3, 0.4) is 0 Å². The first-order valence-electron chi connectivity index (χ1n) is 9.24. The fourth-order valence-electron chi connectivity index (χ4n) is 3.56. The highest BCUT2D eigenvalue weighted by Crippen LogP contribution is 2.29. The molecule has 0 radical (unpaired) electrons. The lowest BCUT2D eigenvalue weighted by Gasteiger charge is -2.24. The first kappa shape index (κ1) is 18.0. The second kappa shape index (κ2) is 8.54. The van der Waals surface area contributed by atoms with Gasteiger partial charge in [0.2, 0.25) is 0 Å². The molecule has 2 aromatic rings. The average molecular weight is 355 g/mol. The summed E-state index contributed by atoms with van der Waals surface area (Å²) in [5.74, 6) is 6.60. The van der Waals surface area contributed by atoms with Gasteiger partial charge in [0.15, 0.2) is 0 Å². The predicted octanol–water partition coefficient (Wildman–Crippen LogP) is 6.56. The number of hydrogen-bond donors (Lipinski definition) is 0. The van der Waals surface area contributed by atoms with Gasteiger partial charge in [0.1, 0.15) is 5.82 Å². The van der Waals surface area contributed by atoms with Crippen molar-refractivity contribution in [3.63, 3.8) is 0 Å². The Morgan fingerprint density at radius 3 is 2.56 bits per heavy atom. The van der Waals surface area contributed by atoms with Crippen molar-refractivity contribution in [1.82, 2.24) is 0 Å². The van der Waals surface area contributed by atoms with Crippen LogP contribution in [-0.2, 0) is 12.8 Å². The first-order valence-corrected chi connectivity index (χ1v) is 9.62. The van der Waals surface area contributed by atoms with Crippen molar-refractivity contribution in [3.8, 4) is 11.8 Å². The third-order valence-corrected chi connectivity index (χ3v) is 5.33. The fraction of sp³-hybridized carbons (Fsp3) is 0.391. The molecule has 3 rings (SSSR count). The van der Waals surface area contributed by atoms with Crippen LogP contribution >= 0.6 is 11.6 Å². The smallest absolute Gasteiger partial charge is 0.143 e. The van der Waals surface area contributed by atoms with E-state index in [-0.39, 0.29) is 5.02 Å². The third kappa shape index (κ3) is 4.86. The molecule has 0 N–H and O–H groups in total. The van der Waals surface area contributed by atoms with E-state index >= 15 is 0 Å². The lowest BCUT2D eigenvalue weighted by molar-refractivity contribution is 0.408. The van der Waals surface area contributed by atoms with E-state index in [4.69, 9.17) is 11.6 Å². The molecule has 1 unspecified atom stereocenters. The lowest BCUT2D eigenvalue weighted by Crippen LogP contribution is -2.14. The van der Waals surface area contributed by atoms with Gasteiger partial charge in [-0.25, -0.2) is 4.39 Å². The number of halogens is 2. The molecule has 0 bridgehead atoms. The van der Waals surface area contributed by atoms with Gasteiger partial charge >= 0.3 is 0 Å². The molecule has 0 aliphatic heterocycles. The summed E-state index contributed by atoms with van der Waals surface area (Å²) < 4.78 is 13.5. The molecule has 1 aliphatic carbocycles. The number of rotatable bonds is 4. The third-order valence-electron chi connectivity index (χ3n) is 5.02. The van der Waals surface area contributed by atoms with Crippen LogP contribution in [0.25, 0.3) is 0 Å². The molecule has 0 saturated heterocycles. The molecular formula is C23H24ClF. The van der Waals surface area contributed by atoms with Crippen LogP contribution in [0.4, 0.5) is 4.39 Å². The summed E-state index contributed by atoms with van der Waals surface area (Å²) in [5.41, 5.74) is 4.56. The molecule has 2 aromatic carbocycles. The van der Waals surface area contributed by atoms with Crippen molar-refractivity contribution < 1.29 is 4.39 Å². The standard InChI is InChI=1S/C23H24ClF/c1-2-3-4-5-17-8-11-21-15-18(9-12-20(21)14-17)6-7-19-10-13-22(24)23(25)16-19/h9-10,12-13,15-17H,2-5,8,11,14H2,1H3. The lowest BCUT2D eigenvalue weighted by atomic mass is 9.81. The van der Waals surface area contributed by atoms with E-state index in [1.165, 1.54) is 55.7 Å². The van der Waals surface area contributed by atoms with Crippen LogP contribution in [0.15, 0.2) is 36.4 Å². The number of aryl methyl sites for hydroxylation is 1. The van der Waals surface area contributed by atoms with E-state index in [0.717, 1.165) is 17.9 Å². The largest absolute Gasteiger partial charge is 0.205 e. The molecule has 0 nitrogen and oxygen atoms in total. The zero-order valence-electron chi connectivity index (χ0n) is 14.7. The minimum atomic E-state index is -0.423. The molecule has 0 aromatic heterocycles. The zero-order valence-corrected chi connectivity index (χ0v) is 15.5. The molecule has 2 heteroatoms. The second-order valence-corrected chi connectivity index (χ2v) is 7.37. The van der Waals surface area contributed by atoms with Crippen LogP contribution in [0.1, 0.15) is 61.3 Å². The molecule has 0 saturated carbocycles. The quantitative estimate of drug-likeness (QED) is 0.430. The molecule has 1 aliphatic rings. The second-order valence-electron chi connectivity index (χ2n) is 6.97. The summed E-state index contributed by atoms with van der Waals surface area (Å²) in [4.78, 5) is 0. The molecule has 0 heterocycles. The minimum Gasteiger partial charge on any atom is -0.205 e. The zero-order chi connectivity index (χ0) is 17.6. The topological polar surface area (TPSA) is 0 Å². The Labute approximate surface area is 155 Å². The van der Waals surface area contributed by atoms with Crippen LogP contribution in [-0.4, -0.2) is 0 Å². The van der Waals surface area contributed by atoms with Crippen LogP contribution in [0.2, 0.25) is 5.02 Å². The van der Waals surface area contributed by atoms with E-state index in [1.54, 1.807) is 12.1 Å². The van der Waals surface area contributed by atoms with E-state index in [9.17, 15) is 4.39 Å². The fourth-order valence-corrected chi connectivity index (χ4v) is 3.67. The van der Waals surface area contributed by atoms with E-state index in [2.05, 4.69) is 37.0 Å². The maximum Gasteiger partial charge on any atom is 0.143 e. The summed E-state index contributed by atoms with van der Waals surface area (Å²) in [6.07, 6.45) is 9.00. The summed E-state index contributed by atoms with van der Waals surface area (Å²) in [7, 11) is 0. The van der Waals surface area contributed by atoms with Gasteiger partial charge in [0, 0.05) is 11.1 Å². The minimum absolute atomic E-state index is 0.132. The van der Waals surface area contributed by atoms with Crippen molar-refractivity contribution in [2.45, 2.75) is 51.9 Å². The molecule has 130 valence electrons. The Hall–Kier alpha value is -1.78. The summed E-state index contributed by atoms with van der Waals surface area (Å²) in [6.45, 7) is 2.26. The van der Waals surface area contributed by atoms with Gasteiger partial charge in [-0.15, -0.1) is 0 Å². The molecule has 1 atom stereocenters. The van der Waals surface area contributed by atoms with E-state index < -0.39 is 5.82 Å². The summed E-state index contributed by atoms with van der Waals surface area (Å²) >= 11 is 5.71. The highest BCUT2D eigenvalue weighted by atomic mass is 35.5. The van der Waals surface area contributed by atoms with Crippen molar-refractivity contribution in [1.29, 1.82) is 0 Å². The number of benzene rings is 2. The van der Waals surface area contributed by atoms with E-state index in [1.807, 2.05) is 0 Å². The SMILES string of the molecule is CCCCCC1CCc2cc(C#Cc3ccc(Cl)c(F)c3)ccc2C1. The Bertz CT molecular complexity index is 797. The highest BCUT2D eigenvalue weighted by Gasteiger charge is 2.18. The van der Waals surface area contributed by atoms with Gasteiger partial charge in [-0.1, -0.05) is 62.1 Å². The molecule has 0 spiro atoms. The molecular weight excluding hydrogens is 331 g/mol. The van der Waals surface area contributed by atoms with Crippen molar-refractivity contribution in [3.05, 3.63) is 69.5 Å². The predicted molar refractivity (Wildman–Crippen MR) is 103 cm³/mol. The Morgan fingerprint density at radius 1 is 1.04 bits per heavy atom. The Morgan fingerprint density at radius 2 is 1.80 bits per heavy atom.